The molecule has 0 atom stereocenters. The van der Waals surface area contributed by atoms with Gasteiger partial charge >= 0.3 is 0 Å². The fourth-order valence-electron chi connectivity index (χ4n) is 1.58. The average molecular weight is 257 g/mol. The molecule has 0 aliphatic heterocycles. The summed E-state index contributed by atoms with van der Waals surface area (Å²) >= 11 is 6.18. The van der Waals surface area contributed by atoms with E-state index in [1.807, 2.05) is 11.9 Å². The predicted octanol–water partition coefficient (Wildman–Crippen LogP) is 1.92. The molecule has 1 aromatic heterocycles. The van der Waals surface area contributed by atoms with Gasteiger partial charge in [-0.1, -0.05) is 30.6 Å². The second-order valence-corrected chi connectivity index (χ2v) is 4.63. The Morgan fingerprint density at radius 3 is 2.82 bits per heavy atom. The van der Waals surface area contributed by atoms with Gasteiger partial charge in [0.25, 0.3) is 0 Å². The molecule has 0 aliphatic carbocycles. The number of nitrogens with two attached hydrogens (primary N) is 1. The van der Waals surface area contributed by atoms with E-state index in [2.05, 4.69) is 24.0 Å². The number of amidine groups is 1. The first-order chi connectivity index (χ1) is 7.97. The molecule has 6 heteroatoms. The van der Waals surface area contributed by atoms with Crippen LogP contribution < -0.4 is 10.6 Å². The van der Waals surface area contributed by atoms with E-state index in [0.29, 0.717) is 22.3 Å². The van der Waals surface area contributed by atoms with Gasteiger partial charge in [-0.05, 0) is 12.0 Å². The Bertz CT molecular complexity index is 420. The van der Waals surface area contributed by atoms with Crippen molar-refractivity contribution in [3.8, 4) is 0 Å². The minimum atomic E-state index is -0.0170. The number of hydrogen-bond donors (Lipinski definition) is 2. The molecule has 0 aliphatic rings. The topological polar surface area (TPSA) is 74.7 Å². The Morgan fingerprint density at radius 2 is 2.29 bits per heavy atom. The average Bonchev–Trinajstić information content (AvgIpc) is 2.27. The number of rotatable bonds is 4. The molecule has 0 saturated carbocycles. The molecule has 0 fully saturated rings. The maximum absolute atomic E-state index is 8.66. The van der Waals surface area contributed by atoms with Crippen LogP contribution in [0.2, 0.25) is 5.02 Å². The molecule has 0 spiro atoms. The maximum Gasteiger partial charge on any atom is 0.171 e. The third-order valence-electron chi connectivity index (χ3n) is 2.26. The van der Waals surface area contributed by atoms with Gasteiger partial charge in [0.1, 0.15) is 5.82 Å². The molecule has 5 nitrogen and oxygen atoms in total. The summed E-state index contributed by atoms with van der Waals surface area (Å²) in [7, 11) is 1.91. The number of halogens is 1. The monoisotopic (exact) mass is 256 g/mol. The number of oxime groups is 1. The highest BCUT2D eigenvalue weighted by atomic mass is 35.5. The van der Waals surface area contributed by atoms with Crippen molar-refractivity contribution in [1.29, 1.82) is 0 Å². The maximum atomic E-state index is 8.66. The minimum absolute atomic E-state index is 0.0170. The summed E-state index contributed by atoms with van der Waals surface area (Å²) in [5, 5.41) is 12.0. The summed E-state index contributed by atoms with van der Waals surface area (Å²) in [5.74, 6) is 1.10. The molecule has 0 radical (unpaired) electrons. The quantitative estimate of drug-likeness (QED) is 0.374. The molecular weight excluding hydrogens is 240 g/mol. The molecule has 0 bridgehead atoms. The van der Waals surface area contributed by atoms with E-state index in [1.54, 1.807) is 12.3 Å². The number of nitrogens with zero attached hydrogens (tertiary/aromatic N) is 3. The number of aromatic nitrogens is 1. The molecule has 0 unspecified atom stereocenters. The van der Waals surface area contributed by atoms with Gasteiger partial charge in [-0.15, -0.1) is 0 Å². The lowest BCUT2D eigenvalue weighted by molar-refractivity contribution is 0.318. The van der Waals surface area contributed by atoms with Crippen LogP contribution in [0, 0.1) is 5.92 Å². The molecule has 0 aromatic carbocycles. The molecule has 1 heterocycles. The van der Waals surface area contributed by atoms with Crippen molar-refractivity contribution in [3.63, 3.8) is 0 Å². The van der Waals surface area contributed by atoms with Crippen LogP contribution in [0.5, 0.6) is 0 Å². The summed E-state index contributed by atoms with van der Waals surface area (Å²) in [6.07, 6.45) is 1.59. The molecule has 1 aromatic rings. The fraction of sp³-hybridized carbons (Fsp3) is 0.455. The largest absolute Gasteiger partial charge is 0.409 e. The van der Waals surface area contributed by atoms with Crippen LogP contribution in [-0.4, -0.2) is 29.6 Å². The Kier molecular flexibility index (Phi) is 4.57. The van der Waals surface area contributed by atoms with Gasteiger partial charge in [0, 0.05) is 25.4 Å². The van der Waals surface area contributed by atoms with Gasteiger partial charge in [-0.3, -0.25) is 0 Å². The molecule has 1 rings (SSSR count). The smallest absolute Gasteiger partial charge is 0.171 e. The Balaban J connectivity index is 3.10. The SMILES string of the molecule is CC(C)CN(C)c1nccc(/C(N)=N/O)c1Cl. The molecular formula is C11H17ClN4O. The molecule has 3 N–H and O–H groups in total. The lowest BCUT2D eigenvalue weighted by Crippen LogP contribution is -2.25. The first-order valence-electron chi connectivity index (χ1n) is 5.31. The molecule has 0 saturated heterocycles. The van der Waals surface area contributed by atoms with E-state index in [9.17, 15) is 0 Å². The van der Waals surface area contributed by atoms with Gasteiger partial charge in [0.15, 0.2) is 5.84 Å². The normalized spacial score (nSPS) is 11.9. The van der Waals surface area contributed by atoms with Crippen molar-refractivity contribution in [3.05, 3.63) is 22.8 Å². The second kappa shape index (κ2) is 5.72. The summed E-state index contributed by atoms with van der Waals surface area (Å²) in [6.45, 7) is 5.04. The lowest BCUT2D eigenvalue weighted by Gasteiger charge is -2.22. The number of hydrogen-bond acceptors (Lipinski definition) is 4. The van der Waals surface area contributed by atoms with Crippen LogP contribution >= 0.6 is 11.6 Å². The Labute approximate surface area is 106 Å². The second-order valence-electron chi connectivity index (χ2n) is 4.26. The minimum Gasteiger partial charge on any atom is -0.409 e. The zero-order chi connectivity index (χ0) is 13.0. The van der Waals surface area contributed by atoms with Gasteiger partial charge in [0.05, 0.1) is 5.02 Å². The van der Waals surface area contributed by atoms with Crippen molar-refractivity contribution >= 4 is 23.3 Å². The standard InChI is InChI=1S/C11H17ClN4O/c1-7(2)6-16(3)11-9(12)8(4-5-14-11)10(13)15-17/h4-5,7,17H,6H2,1-3H3,(H2,13,15). The first kappa shape index (κ1) is 13.6. The Hall–Kier alpha value is -1.49. The van der Waals surface area contributed by atoms with E-state index in [-0.39, 0.29) is 5.84 Å². The van der Waals surface area contributed by atoms with E-state index >= 15 is 0 Å². The lowest BCUT2D eigenvalue weighted by atomic mass is 10.2. The fourth-order valence-corrected chi connectivity index (χ4v) is 1.94. The summed E-state index contributed by atoms with van der Waals surface area (Å²) < 4.78 is 0. The van der Waals surface area contributed by atoms with Crippen LogP contribution in [0.25, 0.3) is 0 Å². The van der Waals surface area contributed by atoms with E-state index < -0.39 is 0 Å². The van der Waals surface area contributed by atoms with Crippen molar-refractivity contribution < 1.29 is 5.21 Å². The van der Waals surface area contributed by atoms with Crippen LogP contribution in [-0.2, 0) is 0 Å². The molecule has 0 amide bonds. The van der Waals surface area contributed by atoms with Gasteiger partial charge < -0.3 is 15.8 Å². The van der Waals surface area contributed by atoms with Gasteiger partial charge in [-0.2, -0.15) is 0 Å². The number of pyridine rings is 1. The van der Waals surface area contributed by atoms with E-state index in [0.717, 1.165) is 6.54 Å². The number of anilines is 1. The van der Waals surface area contributed by atoms with Crippen LogP contribution in [0.15, 0.2) is 17.4 Å². The summed E-state index contributed by atoms with van der Waals surface area (Å²) in [5.41, 5.74) is 6.02. The molecule has 94 valence electrons. The van der Waals surface area contributed by atoms with Crippen molar-refractivity contribution in [1.82, 2.24) is 4.98 Å². The van der Waals surface area contributed by atoms with Crippen molar-refractivity contribution in [2.75, 3.05) is 18.5 Å². The third-order valence-corrected chi connectivity index (χ3v) is 2.63. The van der Waals surface area contributed by atoms with E-state index in [4.69, 9.17) is 22.5 Å². The highest BCUT2D eigenvalue weighted by Gasteiger charge is 2.14. The zero-order valence-electron chi connectivity index (χ0n) is 10.2. The van der Waals surface area contributed by atoms with Crippen molar-refractivity contribution in [2.24, 2.45) is 16.8 Å². The predicted molar refractivity (Wildman–Crippen MR) is 69.9 cm³/mol. The summed E-state index contributed by atoms with van der Waals surface area (Å²) in [4.78, 5) is 6.16. The highest BCUT2D eigenvalue weighted by molar-refractivity contribution is 6.36. The van der Waals surface area contributed by atoms with Gasteiger partial charge in [0.2, 0.25) is 0 Å². The first-order valence-corrected chi connectivity index (χ1v) is 5.68. The van der Waals surface area contributed by atoms with Crippen molar-refractivity contribution in [2.45, 2.75) is 13.8 Å². The van der Waals surface area contributed by atoms with Crippen LogP contribution in [0.3, 0.4) is 0 Å². The van der Waals surface area contributed by atoms with Crippen LogP contribution in [0.4, 0.5) is 5.82 Å². The van der Waals surface area contributed by atoms with Gasteiger partial charge in [-0.25, -0.2) is 4.98 Å². The zero-order valence-corrected chi connectivity index (χ0v) is 10.9. The third kappa shape index (κ3) is 3.23. The van der Waals surface area contributed by atoms with E-state index in [1.165, 1.54) is 0 Å². The highest BCUT2D eigenvalue weighted by Crippen LogP contribution is 2.26. The van der Waals surface area contributed by atoms with Crippen LogP contribution in [0.1, 0.15) is 19.4 Å². The molecule has 17 heavy (non-hydrogen) atoms. The Morgan fingerprint density at radius 1 is 1.65 bits per heavy atom. The summed E-state index contributed by atoms with van der Waals surface area (Å²) in [6, 6.07) is 1.62.